The number of carbonyl (C=O) groups is 1. The minimum Gasteiger partial charge on any atom is -0.497 e. The van der Waals surface area contributed by atoms with Gasteiger partial charge in [-0.1, -0.05) is 26.0 Å². The largest absolute Gasteiger partial charge is 0.497 e. The summed E-state index contributed by atoms with van der Waals surface area (Å²) in [4.78, 5) is 16.3. The summed E-state index contributed by atoms with van der Waals surface area (Å²) in [5, 5.41) is 6.13. The molecule has 0 fully saturated rings. The summed E-state index contributed by atoms with van der Waals surface area (Å²) in [6.07, 6.45) is 1.69. The fourth-order valence-electron chi connectivity index (χ4n) is 1.97. The first-order chi connectivity index (χ1) is 11.1. The zero-order chi connectivity index (χ0) is 16.7. The van der Waals surface area contributed by atoms with Crippen LogP contribution in [-0.2, 0) is 6.54 Å². The summed E-state index contributed by atoms with van der Waals surface area (Å²) in [5.41, 5.74) is 2.34. The number of nitrogens with zero attached hydrogens (tertiary/aromatic N) is 1. The molecule has 0 saturated carbocycles. The van der Waals surface area contributed by atoms with Crippen LogP contribution in [0, 0.1) is 5.92 Å². The zero-order valence-electron chi connectivity index (χ0n) is 13.8. The highest BCUT2D eigenvalue weighted by molar-refractivity contribution is 5.92. The van der Waals surface area contributed by atoms with E-state index in [9.17, 15) is 4.79 Å². The molecule has 23 heavy (non-hydrogen) atoms. The second-order valence-corrected chi connectivity index (χ2v) is 5.74. The van der Waals surface area contributed by atoms with Crippen molar-refractivity contribution in [1.82, 2.24) is 10.3 Å². The van der Waals surface area contributed by atoms with Crippen molar-refractivity contribution in [3.8, 4) is 5.75 Å². The van der Waals surface area contributed by atoms with Gasteiger partial charge in [0.05, 0.1) is 19.0 Å². The van der Waals surface area contributed by atoms with Gasteiger partial charge < -0.3 is 15.4 Å². The number of carbonyl (C=O) groups excluding carboxylic acids is 1. The molecule has 0 saturated heterocycles. The number of methoxy groups -OCH3 is 1. The number of anilines is 1. The first-order valence-electron chi connectivity index (χ1n) is 7.69. The average molecular weight is 313 g/mol. The molecule has 5 nitrogen and oxygen atoms in total. The molecule has 2 aromatic rings. The molecule has 1 aromatic heterocycles. The molecule has 0 aliphatic carbocycles. The fourth-order valence-corrected chi connectivity index (χ4v) is 1.97. The van der Waals surface area contributed by atoms with Gasteiger partial charge in [-0.05, 0) is 35.7 Å². The molecular formula is C18H23N3O2. The Morgan fingerprint density at radius 3 is 2.48 bits per heavy atom. The predicted molar refractivity (Wildman–Crippen MR) is 91.7 cm³/mol. The highest BCUT2D eigenvalue weighted by atomic mass is 16.5. The van der Waals surface area contributed by atoms with Gasteiger partial charge >= 0.3 is 0 Å². The van der Waals surface area contributed by atoms with Gasteiger partial charge in [0.15, 0.2) is 0 Å². The van der Waals surface area contributed by atoms with E-state index in [1.807, 2.05) is 30.3 Å². The Bertz CT molecular complexity index is 622. The fraction of sp³-hybridized carbons (Fsp3) is 0.333. The lowest BCUT2D eigenvalue weighted by molar-refractivity contribution is 0.0946. The van der Waals surface area contributed by atoms with Gasteiger partial charge in [0, 0.05) is 13.1 Å². The van der Waals surface area contributed by atoms with E-state index in [-0.39, 0.29) is 5.91 Å². The van der Waals surface area contributed by atoms with Crippen LogP contribution in [0.15, 0.2) is 42.6 Å². The maximum absolute atomic E-state index is 12.1. The van der Waals surface area contributed by atoms with Crippen LogP contribution in [0.5, 0.6) is 5.75 Å². The minimum absolute atomic E-state index is 0.184. The third-order valence-electron chi connectivity index (χ3n) is 3.32. The molecule has 0 unspecified atom stereocenters. The van der Waals surface area contributed by atoms with Gasteiger partial charge in [-0.25, -0.2) is 4.98 Å². The van der Waals surface area contributed by atoms with Crippen LogP contribution in [0.2, 0.25) is 0 Å². The maximum atomic E-state index is 12.1. The molecule has 0 spiro atoms. The standard InChI is InChI=1S/C18H23N3O2/c1-13(2)10-19-15-6-9-17(20-12-15)18(22)21-11-14-4-7-16(23-3)8-5-14/h4-9,12-13,19H,10-11H2,1-3H3,(H,21,22). The van der Waals surface area contributed by atoms with Crippen LogP contribution in [0.25, 0.3) is 0 Å². The van der Waals surface area contributed by atoms with E-state index in [4.69, 9.17) is 4.74 Å². The number of nitrogens with one attached hydrogen (secondary N) is 2. The smallest absolute Gasteiger partial charge is 0.270 e. The summed E-state index contributed by atoms with van der Waals surface area (Å²) in [7, 11) is 1.63. The first kappa shape index (κ1) is 16.8. The van der Waals surface area contributed by atoms with Crippen LogP contribution in [-0.4, -0.2) is 24.5 Å². The molecule has 2 N–H and O–H groups in total. The number of benzene rings is 1. The third-order valence-corrected chi connectivity index (χ3v) is 3.32. The van der Waals surface area contributed by atoms with Crippen molar-refractivity contribution < 1.29 is 9.53 Å². The summed E-state index contributed by atoms with van der Waals surface area (Å²) < 4.78 is 5.11. The Labute approximate surface area is 137 Å². The van der Waals surface area contributed by atoms with Crippen molar-refractivity contribution in [3.63, 3.8) is 0 Å². The van der Waals surface area contributed by atoms with Crippen LogP contribution in [0.1, 0.15) is 29.9 Å². The monoisotopic (exact) mass is 313 g/mol. The number of hydrogen-bond acceptors (Lipinski definition) is 4. The second-order valence-electron chi connectivity index (χ2n) is 5.74. The van der Waals surface area contributed by atoms with Crippen molar-refractivity contribution >= 4 is 11.6 Å². The maximum Gasteiger partial charge on any atom is 0.270 e. The zero-order valence-corrected chi connectivity index (χ0v) is 13.8. The van der Waals surface area contributed by atoms with E-state index >= 15 is 0 Å². The molecule has 1 amide bonds. The van der Waals surface area contributed by atoms with Crippen LogP contribution >= 0.6 is 0 Å². The lowest BCUT2D eigenvalue weighted by atomic mass is 10.2. The van der Waals surface area contributed by atoms with Crippen molar-refractivity contribution in [3.05, 3.63) is 53.9 Å². The summed E-state index contributed by atoms with van der Waals surface area (Å²) in [6.45, 7) is 5.62. The van der Waals surface area contributed by atoms with E-state index < -0.39 is 0 Å². The molecule has 1 heterocycles. The number of amides is 1. The average Bonchev–Trinajstić information content (AvgIpc) is 2.58. The molecule has 0 aliphatic heterocycles. The molecule has 0 bridgehead atoms. The number of ether oxygens (including phenoxy) is 1. The van der Waals surface area contributed by atoms with Gasteiger partial charge in [0.2, 0.25) is 0 Å². The molecule has 2 rings (SSSR count). The Morgan fingerprint density at radius 2 is 1.91 bits per heavy atom. The van der Waals surface area contributed by atoms with Crippen LogP contribution in [0.3, 0.4) is 0 Å². The normalized spacial score (nSPS) is 10.4. The molecule has 0 aliphatic rings. The molecular weight excluding hydrogens is 290 g/mol. The highest BCUT2D eigenvalue weighted by Gasteiger charge is 2.07. The molecule has 122 valence electrons. The van der Waals surface area contributed by atoms with Gasteiger partial charge in [-0.2, -0.15) is 0 Å². The Balaban J connectivity index is 1.87. The van der Waals surface area contributed by atoms with Gasteiger partial charge in [0.1, 0.15) is 11.4 Å². The topological polar surface area (TPSA) is 63.2 Å². The quantitative estimate of drug-likeness (QED) is 0.824. The van der Waals surface area contributed by atoms with Gasteiger partial charge in [-0.15, -0.1) is 0 Å². The summed E-state index contributed by atoms with van der Waals surface area (Å²) in [6, 6.07) is 11.2. The molecule has 0 atom stereocenters. The van der Waals surface area contributed by atoms with Crippen molar-refractivity contribution in [1.29, 1.82) is 0 Å². The Hall–Kier alpha value is -2.56. The number of rotatable bonds is 7. The first-order valence-corrected chi connectivity index (χ1v) is 7.69. The van der Waals surface area contributed by atoms with E-state index in [0.717, 1.165) is 23.5 Å². The number of pyridine rings is 1. The van der Waals surface area contributed by atoms with E-state index in [1.165, 1.54) is 0 Å². The molecule has 1 aromatic carbocycles. The molecule has 5 heteroatoms. The molecule has 0 radical (unpaired) electrons. The highest BCUT2D eigenvalue weighted by Crippen LogP contribution is 2.11. The number of hydrogen-bond donors (Lipinski definition) is 2. The van der Waals surface area contributed by atoms with E-state index in [0.29, 0.717) is 18.2 Å². The van der Waals surface area contributed by atoms with Crippen molar-refractivity contribution in [2.75, 3.05) is 19.0 Å². The lowest BCUT2D eigenvalue weighted by Gasteiger charge is -2.09. The van der Waals surface area contributed by atoms with Gasteiger partial charge in [-0.3, -0.25) is 4.79 Å². The Kier molecular flexibility index (Phi) is 5.97. The van der Waals surface area contributed by atoms with Crippen LogP contribution in [0.4, 0.5) is 5.69 Å². The number of aromatic nitrogens is 1. The summed E-state index contributed by atoms with van der Waals surface area (Å²) in [5.74, 6) is 1.17. The Morgan fingerprint density at radius 1 is 1.17 bits per heavy atom. The van der Waals surface area contributed by atoms with Crippen LogP contribution < -0.4 is 15.4 Å². The van der Waals surface area contributed by atoms with E-state index in [1.54, 1.807) is 19.4 Å². The SMILES string of the molecule is COc1ccc(CNC(=O)c2ccc(NCC(C)C)cn2)cc1. The third kappa shape index (κ3) is 5.29. The van der Waals surface area contributed by atoms with Crippen molar-refractivity contribution in [2.24, 2.45) is 5.92 Å². The second kappa shape index (κ2) is 8.17. The van der Waals surface area contributed by atoms with Crippen molar-refractivity contribution in [2.45, 2.75) is 20.4 Å². The lowest BCUT2D eigenvalue weighted by Crippen LogP contribution is -2.23. The van der Waals surface area contributed by atoms with E-state index in [2.05, 4.69) is 29.5 Å². The summed E-state index contributed by atoms with van der Waals surface area (Å²) >= 11 is 0. The predicted octanol–water partition coefficient (Wildman–Crippen LogP) is 3.09. The minimum atomic E-state index is -0.184. The van der Waals surface area contributed by atoms with Gasteiger partial charge in [0.25, 0.3) is 5.91 Å².